The highest BCUT2D eigenvalue weighted by atomic mass is 16.7. The van der Waals surface area contributed by atoms with Crippen molar-refractivity contribution in [3.8, 4) is 0 Å². The molecule has 9 heteroatoms. The summed E-state index contributed by atoms with van der Waals surface area (Å²) in [4.78, 5) is 37.6. The molecule has 2 unspecified atom stereocenters. The minimum absolute atomic E-state index is 0.180. The first kappa shape index (κ1) is 80.7. The van der Waals surface area contributed by atoms with Gasteiger partial charge in [-0.1, -0.05) is 324 Å². The molecular weight excluding hydrogens is 1040 g/mol. The van der Waals surface area contributed by atoms with Crippen molar-refractivity contribution in [2.75, 3.05) is 47.5 Å². The van der Waals surface area contributed by atoms with Gasteiger partial charge in [-0.25, -0.2) is 4.79 Å². The van der Waals surface area contributed by atoms with Crippen LogP contribution >= 0.6 is 0 Å². The Morgan fingerprint density at radius 2 is 0.679 bits per heavy atom. The standard InChI is InChI=1S/C75H135NO8/c1-6-8-10-12-14-16-18-20-22-24-26-28-30-32-34-35-36-37-38-39-40-42-44-46-48-50-52-54-56-58-60-62-64-66-73(78)84-71(70-83-75(74(79)80)81-68-67-76(3,4)5)69-82-72(77)65-63-61-59-57-55-53-51-49-47-45-43-41-33-31-29-27-25-23-21-19-17-15-13-11-9-7-2/h8,10,14,16,20,22,26,28,32,34,36-37,71,75H,6-7,9,11-13,15,17-19,21,23-25,27,29-31,33,35,38-70H2,1-5H3/p+1/b10-8-,16-14-,22-20-,28-26-,34-32-,37-36-. The number of hydrogen-bond acceptors (Lipinski definition) is 7. The number of hydrogen-bond donors (Lipinski definition) is 1. The third kappa shape index (κ3) is 66.3. The summed E-state index contributed by atoms with van der Waals surface area (Å²) in [7, 11) is 5.99. The highest BCUT2D eigenvalue weighted by Crippen LogP contribution is 2.18. The SMILES string of the molecule is CC/C=C\C/C=C\C/C=C\C/C=C\C/C=C\C/C=C\CCCCCCCCCCCCCCCCC(=O)OC(COC(=O)CCCCCCCCCCCCCCCCCCCCCCCCCCCC)COC(OCC[N+](C)(C)C)C(=O)O. The summed E-state index contributed by atoms with van der Waals surface area (Å²) in [6, 6.07) is 0. The number of nitrogens with zero attached hydrogens (tertiary/aromatic N) is 1. The van der Waals surface area contributed by atoms with Crippen LogP contribution in [0.15, 0.2) is 72.9 Å². The van der Waals surface area contributed by atoms with Crippen LogP contribution < -0.4 is 0 Å². The average molecular weight is 1180 g/mol. The number of likely N-dealkylation sites (N-methyl/N-ethyl adjacent to an activating group) is 1. The topological polar surface area (TPSA) is 108 Å². The van der Waals surface area contributed by atoms with Crippen LogP contribution in [0, 0.1) is 0 Å². The predicted molar refractivity (Wildman–Crippen MR) is 359 cm³/mol. The smallest absolute Gasteiger partial charge is 0.361 e. The number of carboxylic acids is 1. The van der Waals surface area contributed by atoms with E-state index < -0.39 is 24.3 Å². The molecule has 0 rings (SSSR count). The van der Waals surface area contributed by atoms with Crippen LogP contribution in [0.5, 0.6) is 0 Å². The van der Waals surface area contributed by atoms with Crippen molar-refractivity contribution in [1.82, 2.24) is 0 Å². The molecule has 0 aromatic rings. The Labute approximate surface area is 519 Å². The molecule has 1 N–H and O–H groups in total. The zero-order valence-electron chi connectivity index (χ0n) is 55.8. The van der Waals surface area contributed by atoms with Gasteiger partial charge in [-0.05, 0) is 64.2 Å². The van der Waals surface area contributed by atoms with Crippen LogP contribution in [0.4, 0.5) is 0 Å². The van der Waals surface area contributed by atoms with E-state index in [-0.39, 0.29) is 32.2 Å². The molecule has 0 aliphatic carbocycles. The number of carboxylic acid groups (broad SMARTS) is 1. The highest BCUT2D eigenvalue weighted by Gasteiger charge is 2.25. The Balaban J connectivity index is 4.09. The van der Waals surface area contributed by atoms with Gasteiger partial charge < -0.3 is 28.5 Å². The third-order valence-electron chi connectivity index (χ3n) is 15.7. The maximum Gasteiger partial charge on any atom is 0.361 e. The normalized spacial score (nSPS) is 13.1. The molecule has 0 spiro atoms. The van der Waals surface area contributed by atoms with Crippen molar-refractivity contribution in [3.63, 3.8) is 0 Å². The number of ether oxygens (including phenoxy) is 4. The first-order chi connectivity index (χ1) is 41.1. The van der Waals surface area contributed by atoms with Gasteiger partial charge >= 0.3 is 17.9 Å². The summed E-state index contributed by atoms with van der Waals surface area (Å²) in [5.74, 6) is -1.99. The molecule has 84 heavy (non-hydrogen) atoms. The van der Waals surface area contributed by atoms with Crippen LogP contribution in [0.2, 0.25) is 0 Å². The van der Waals surface area contributed by atoms with Gasteiger partial charge in [-0.15, -0.1) is 0 Å². The molecular formula is C75H136NO8+. The van der Waals surface area contributed by atoms with Crippen molar-refractivity contribution < 1.29 is 42.9 Å². The molecule has 2 atom stereocenters. The molecule has 0 aliphatic heterocycles. The number of carbonyl (C=O) groups is 3. The molecule has 488 valence electrons. The lowest BCUT2D eigenvalue weighted by Crippen LogP contribution is -2.40. The van der Waals surface area contributed by atoms with Gasteiger partial charge in [0, 0.05) is 12.8 Å². The second-order valence-corrected chi connectivity index (χ2v) is 25.2. The van der Waals surface area contributed by atoms with Crippen molar-refractivity contribution in [2.24, 2.45) is 0 Å². The molecule has 9 nitrogen and oxygen atoms in total. The van der Waals surface area contributed by atoms with E-state index in [9.17, 15) is 19.5 Å². The van der Waals surface area contributed by atoms with Crippen LogP contribution in [-0.2, 0) is 33.3 Å². The van der Waals surface area contributed by atoms with Crippen molar-refractivity contribution in [2.45, 2.75) is 341 Å². The zero-order valence-corrected chi connectivity index (χ0v) is 55.8. The largest absolute Gasteiger partial charge is 0.477 e. The monoisotopic (exact) mass is 1180 g/mol. The summed E-state index contributed by atoms with van der Waals surface area (Å²) < 4.78 is 23.0. The Morgan fingerprint density at radius 3 is 1.01 bits per heavy atom. The highest BCUT2D eigenvalue weighted by molar-refractivity contribution is 5.71. The number of allylic oxidation sites excluding steroid dienone is 12. The van der Waals surface area contributed by atoms with E-state index in [1.807, 2.05) is 21.1 Å². The van der Waals surface area contributed by atoms with Crippen molar-refractivity contribution in [1.29, 1.82) is 0 Å². The minimum atomic E-state index is -1.51. The Kier molecular flexibility index (Phi) is 63.1. The predicted octanol–water partition coefficient (Wildman–Crippen LogP) is 22.1. The third-order valence-corrected chi connectivity index (χ3v) is 15.7. The molecule has 0 saturated carbocycles. The first-order valence-corrected chi connectivity index (χ1v) is 35.6. The number of aliphatic carboxylic acids is 1. The Hall–Kier alpha value is -3.27. The summed E-state index contributed by atoms with van der Waals surface area (Å²) in [5, 5.41) is 9.75. The van der Waals surface area contributed by atoms with Crippen LogP contribution in [-0.4, -0.2) is 87.4 Å². The van der Waals surface area contributed by atoms with Crippen LogP contribution in [0.3, 0.4) is 0 Å². The lowest BCUT2D eigenvalue weighted by atomic mass is 10.0. The lowest BCUT2D eigenvalue weighted by Gasteiger charge is -2.25. The fourth-order valence-corrected chi connectivity index (χ4v) is 10.3. The van der Waals surface area contributed by atoms with Gasteiger partial charge in [0.05, 0.1) is 34.4 Å². The van der Waals surface area contributed by atoms with E-state index in [0.717, 1.165) is 77.0 Å². The number of esters is 2. The zero-order chi connectivity index (χ0) is 61.2. The summed E-state index contributed by atoms with van der Waals surface area (Å²) in [5.41, 5.74) is 0. The van der Waals surface area contributed by atoms with Crippen LogP contribution in [0.1, 0.15) is 328 Å². The van der Waals surface area contributed by atoms with Crippen molar-refractivity contribution in [3.05, 3.63) is 72.9 Å². The van der Waals surface area contributed by atoms with E-state index in [1.54, 1.807) is 0 Å². The van der Waals surface area contributed by atoms with Gasteiger partial charge in [0.1, 0.15) is 13.2 Å². The molecule has 0 heterocycles. The van der Waals surface area contributed by atoms with Crippen molar-refractivity contribution >= 4 is 17.9 Å². The first-order valence-electron chi connectivity index (χ1n) is 35.6. The molecule has 0 aromatic heterocycles. The maximum absolute atomic E-state index is 13.0. The molecule has 0 bridgehead atoms. The van der Waals surface area contributed by atoms with E-state index in [4.69, 9.17) is 18.9 Å². The molecule has 0 amide bonds. The number of rotatable bonds is 66. The Morgan fingerprint density at radius 1 is 0.369 bits per heavy atom. The molecule has 0 saturated heterocycles. The number of unbranched alkanes of at least 4 members (excludes halogenated alkanes) is 39. The second-order valence-electron chi connectivity index (χ2n) is 25.2. The Bertz CT molecular complexity index is 1610. The quantitative estimate of drug-likeness (QED) is 0.0211. The fraction of sp³-hybridized carbons (Fsp3) is 0.800. The van der Waals surface area contributed by atoms with Gasteiger partial charge in [-0.2, -0.15) is 0 Å². The fourth-order valence-electron chi connectivity index (χ4n) is 10.3. The average Bonchev–Trinajstić information content (AvgIpc) is 3.51. The van der Waals surface area contributed by atoms with E-state index in [2.05, 4.69) is 86.8 Å². The van der Waals surface area contributed by atoms with E-state index in [1.165, 1.54) is 225 Å². The van der Waals surface area contributed by atoms with Gasteiger partial charge in [0.15, 0.2) is 6.10 Å². The molecule has 0 radical (unpaired) electrons. The summed E-state index contributed by atoms with van der Waals surface area (Å²) in [6.07, 6.45) is 84.5. The molecule has 0 aliphatic rings. The summed E-state index contributed by atoms with van der Waals surface area (Å²) >= 11 is 0. The van der Waals surface area contributed by atoms with Gasteiger partial charge in [-0.3, -0.25) is 9.59 Å². The summed E-state index contributed by atoms with van der Waals surface area (Å²) in [6.45, 7) is 4.82. The van der Waals surface area contributed by atoms with E-state index >= 15 is 0 Å². The van der Waals surface area contributed by atoms with E-state index in [0.29, 0.717) is 17.4 Å². The minimum Gasteiger partial charge on any atom is -0.477 e. The second kappa shape index (κ2) is 65.7. The van der Waals surface area contributed by atoms with Crippen LogP contribution in [0.25, 0.3) is 0 Å². The van der Waals surface area contributed by atoms with Gasteiger partial charge in [0.2, 0.25) is 0 Å². The maximum atomic E-state index is 13.0. The molecule has 0 aromatic carbocycles. The van der Waals surface area contributed by atoms with Gasteiger partial charge in [0.25, 0.3) is 6.29 Å². The molecule has 0 fully saturated rings. The lowest BCUT2D eigenvalue weighted by molar-refractivity contribution is -0.870. The number of quaternary nitrogens is 1. The number of carbonyl (C=O) groups excluding carboxylic acids is 2.